The second-order valence-electron chi connectivity index (χ2n) is 0.283. The molecule has 2 N–H and O–H groups in total. The first-order chi connectivity index (χ1) is 1.73. The number of hydrogen-bond acceptors (Lipinski definition) is 1. The Morgan fingerprint density at radius 3 is 0.292 bits per heavy atom. The monoisotopic (exact) mass is 558 g/mol. The maximum atomic E-state index is 8.74. The summed E-state index contributed by atoms with van der Waals surface area (Å²) in [6, 6.07) is 0. The van der Waals surface area contributed by atoms with E-state index in [1.165, 1.54) is 0 Å². The van der Waals surface area contributed by atoms with E-state index in [1.54, 1.807) is 0 Å². The summed E-state index contributed by atoms with van der Waals surface area (Å²) in [7, 11) is -3.13. The van der Waals surface area contributed by atoms with Crippen molar-refractivity contribution in [3.8, 4) is 0 Å². The van der Waals surface area contributed by atoms with Gasteiger partial charge < -0.3 is 9.59 Å². The van der Waals surface area contributed by atoms with E-state index in [1.807, 2.05) is 0 Å². The molecule has 0 heterocycles. The molecule has 0 saturated carbocycles. The zero-order valence-electron chi connectivity index (χ0n) is 1.80. The van der Waals surface area contributed by atoms with Gasteiger partial charge in [-0.2, -0.15) is 0 Å². The van der Waals surface area contributed by atoms with Crippen molar-refractivity contribution in [1.29, 1.82) is 0 Å². The van der Waals surface area contributed by atoms with Crippen LogP contribution in [-0.4, -0.2) is 610 Å². The molecule has 0 aliphatic heterocycles. The molecule has 0 aliphatic rings. The summed E-state index contributed by atoms with van der Waals surface area (Å²) in [5.41, 5.74) is 0. The molecular weight excluding hydrogens is 536 g/mol. The van der Waals surface area contributed by atoms with Crippen LogP contribution in [0.25, 0.3) is 0 Å². The molecule has 64 valence electrons. The van der Waals surface area contributed by atoms with Gasteiger partial charge in [0, 0.05) is 0 Å². The van der Waals surface area contributed by atoms with E-state index in [0.29, 0.717) is 0 Å². The first-order valence-corrected chi connectivity index (χ1v) is 1.95. The summed E-state index contributed by atoms with van der Waals surface area (Å²) in [5, 5.41) is 0. The fourth-order valence-electron chi connectivity index (χ4n) is 0. The van der Waals surface area contributed by atoms with Gasteiger partial charge in [-0.05, 0) is 0 Å². The molecule has 0 atom stereocenters. The second kappa shape index (κ2) is 144. The van der Waals surface area contributed by atoms with Gasteiger partial charge >= 0.3 is 600 Å². The van der Waals surface area contributed by atoms with E-state index < -0.39 is 9.17 Å². The Labute approximate surface area is 593 Å². The van der Waals surface area contributed by atoms with Crippen LogP contribution in [0, 0.1) is 0 Å². The van der Waals surface area contributed by atoms with E-state index in [4.69, 9.17) is 14.1 Å². The van der Waals surface area contributed by atoms with Crippen molar-refractivity contribution in [1.82, 2.24) is 0 Å². The van der Waals surface area contributed by atoms with Crippen LogP contribution in [0.1, 0.15) is 0 Å². The zero-order chi connectivity index (χ0) is 3.58. The van der Waals surface area contributed by atoms with Crippen LogP contribution in [0.15, 0.2) is 0 Å². The molecule has 0 aromatic heterocycles. The SMILES string of the molecule is O=[Si](O)O.[NaH].[NaH].[NaH].[NaH].[NaH].[NaH].[NaH].[NaH].[NaH].[NaH].[NaH].[NaH].[NaH].[NaH].[NaH].[NaH].[NaH].[NaH].[NaH].[NaH]. The Morgan fingerprint density at radius 2 is 0.292 bits per heavy atom. The predicted octanol–water partition coefficient (Wildman–Crippen LogP) is -14.6. The molecule has 0 aromatic rings. The van der Waals surface area contributed by atoms with Crippen molar-refractivity contribution in [2.45, 2.75) is 0 Å². The zero-order valence-corrected chi connectivity index (χ0v) is 2.80. The van der Waals surface area contributed by atoms with Gasteiger partial charge in [-0.25, -0.2) is 0 Å². The standard InChI is InChI=1S/20Na.H2O3Si.20H/c;;;;;;;;;;;;;;;;;;;;1-4(2)3;;;;;;;;;;;;;;;;;;;;/h;;;;;;;;;;;;;;;;;;;;1-2H;;;;;;;;;;;;;;;;;;;;. The average Bonchev–Trinajstić information content (AvgIpc) is 0.811. The first-order valence-electron chi connectivity index (χ1n) is 0.651. The van der Waals surface area contributed by atoms with Crippen LogP contribution in [0.5, 0.6) is 0 Å². The summed E-state index contributed by atoms with van der Waals surface area (Å²) in [6.07, 6.45) is 0. The molecule has 0 aliphatic carbocycles. The summed E-state index contributed by atoms with van der Waals surface area (Å²) >= 11 is 0. The van der Waals surface area contributed by atoms with Gasteiger partial charge in [-0.15, -0.1) is 0 Å². The molecule has 24 heavy (non-hydrogen) atoms. The maximum absolute atomic E-state index is 8.74. The molecule has 0 bridgehead atoms. The third-order valence-corrected chi connectivity index (χ3v) is 0. The van der Waals surface area contributed by atoms with E-state index in [0.717, 1.165) is 0 Å². The molecule has 0 aromatic carbocycles. The van der Waals surface area contributed by atoms with Gasteiger partial charge in [0.15, 0.2) is 0 Å². The van der Waals surface area contributed by atoms with Gasteiger partial charge in [0.25, 0.3) is 0 Å². The third-order valence-electron chi connectivity index (χ3n) is 0. The van der Waals surface area contributed by atoms with Gasteiger partial charge in [-0.3, -0.25) is 4.46 Å². The van der Waals surface area contributed by atoms with Gasteiger partial charge in [-0.1, -0.05) is 0 Å². The van der Waals surface area contributed by atoms with Crippen LogP contribution in [0.3, 0.4) is 0 Å². The van der Waals surface area contributed by atoms with E-state index in [-0.39, 0.29) is 591 Å². The summed E-state index contributed by atoms with van der Waals surface area (Å²) in [5.74, 6) is 0. The van der Waals surface area contributed by atoms with Crippen LogP contribution in [0.4, 0.5) is 0 Å². The first kappa shape index (κ1) is 155. The van der Waals surface area contributed by atoms with Crippen molar-refractivity contribution >= 4 is 600 Å². The molecule has 0 unspecified atom stereocenters. The Hall–Kier alpha value is 19.6. The fraction of sp³-hybridized carbons (Fsp3) is 0. The van der Waals surface area contributed by atoms with E-state index in [2.05, 4.69) is 0 Å². The van der Waals surface area contributed by atoms with E-state index in [9.17, 15) is 0 Å². The van der Waals surface area contributed by atoms with Crippen LogP contribution in [-0.2, 0) is 4.46 Å². The molecule has 0 saturated heterocycles. The molecule has 0 amide bonds. The van der Waals surface area contributed by atoms with Gasteiger partial charge in [0.2, 0.25) is 0 Å². The number of hydrogen-bond donors (Lipinski definition) is 2. The van der Waals surface area contributed by atoms with Crippen molar-refractivity contribution in [2.75, 3.05) is 0 Å². The molecule has 0 radical (unpaired) electrons. The molecule has 0 spiro atoms. The van der Waals surface area contributed by atoms with E-state index >= 15 is 0 Å². The third kappa shape index (κ3) is 178. The van der Waals surface area contributed by atoms with Crippen LogP contribution >= 0.6 is 0 Å². The second-order valence-corrected chi connectivity index (χ2v) is 0.848. The Bertz CT molecular complexity index is 41.9. The minimum absolute atomic E-state index is 0. The topological polar surface area (TPSA) is 57.5 Å². The van der Waals surface area contributed by atoms with Gasteiger partial charge in [0.05, 0.1) is 0 Å². The molecule has 24 heteroatoms. The minimum atomic E-state index is -3.13. The molecule has 0 rings (SSSR count). The van der Waals surface area contributed by atoms with Crippen molar-refractivity contribution in [2.24, 2.45) is 0 Å². The van der Waals surface area contributed by atoms with Gasteiger partial charge in [0.1, 0.15) is 0 Å². The average molecular weight is 558 g/mol. The molecule has 0 fully saturated rings. The quantitative estimate of drug-likeness (QED) is 0.291. The van der Waals surface area contributed by atoms with Crippen LogP contribution in [0.2, 0.25) is 0 Å². The summed E-state index contributed by atoms with van der Waals surface area (Å²) in [4.78, 5) is 14.3. The summed E-state index contributed by atoms with van der Waals surface area (Å²) in [6.45, 7) is 0. The summed E-state index contributed by atoms with van der Waals surface area (Å²) < 4.78 is 8.74. The van der Waals surface area contributed by atoms with Crippen molar-refractivity contribution in [3.05, 3.63) is 0 Å². The van der Waals surface area contributed by atoms with Crippen molar-refractivity contribution in [3.63, 3.8) is 0 Å². The predicted molar refractivity (Wildman–Crippen MR) is 154 cm³/mol. The number of rotatable bonds is 0. The Kier molecular flexibility index (Phi) is 931. The van der Waals surface area contributed by atoms with Crippen LogP contribution < -0.4 is 0 Å². The Morgan fingerprint density at radius 1 is 0.292 bits per heavy atom. The normalized spacial score (nSPS) is 1.00. The molecular formula is H22Na20O3Si. The fourth-order valence-corrected chi connectivity index (χ4v) is 0. The Balaban J connectivity index is -0.000000000237. The van der Waals surface area contributed by atoms with Crippen molar-refractivity contribution < 1.29 is 14.1 Å². The molecule has 3 nitrogen and oxygen atoms in total.